The SMILES string of the molecule is CCOC(=O)c1ccc(-c2ccc(/C=N/NC(=O)COc3ccc(C)c(C)c3)o2)cc1. The number of aryl methyl sites for hydroxylation is 2. The number of carbonyl (C=O) groups excluding carboxylic acids is 2. The lowest BCUT2D eigenvalue weighted by Crippen LogP contribution is -2.24. The first-order valence-electron chi connectivity index (χ1n) is 9.85. The topological polar surface area (TPSA) is 90.1 Å². The molecule has 1 aromatic heterocycles. The van der Waals surface area contributed by atoms with E-state index in [1.54, 1.807) is 43.3 Å². The van der Waals surface area contributed by atoms with Gasteiger partial charge >= 0.3 is 5.97 Å². The van der Waals surface area contributed by atoms with E-state index in [0.717, 1.165) is 16.7 Å². The van der Waals surface area contributed by atoms with Crippen LogP contribution in [0.4, 0.5) is 0 Å². The molecule has 7 nitrogen and oxygen atoms in total. The van der Waals surface area contributed by atoms with Crippen molar-refractivity contribution in [3.8, 4) is 17.1 Å². The van der Waals surface area contributed by atoms with Crippen molar-refractivity contribution in [1.82, 2.24) is 5.43 Å². The van der Waals surface area contributed by atoms with Crippen LogP contribution in [-0.4, -0.2) is 31.3 Å². The number of nitrogens with zero attached hydrogens (tertiary/aromatic N) is 1. The molecule has 3 rings (SSSR count). The van der Waals surface area contributed by atoms with Crippen LogP contribution in [0.25, 0.3) is 11.3 Å². The number of rotatable bonds is 8. The largest absolute Gasteiger partial charge is 0.484 e. The number of nitrogens with one attached hydrogen (secondary N) is 1. The number of hydrogen-bond acceptors (Lipinski definition) is 6. The predicted octanol–water partition coefficient (Wildman–Crippen LogP) is 4.27. The summed E-state index contributed by atoms with van der Waals surface area (Å²) in [6.45, 7) is 5.95. The van der Waals surface area contributed by atoms with E-state index < -0.39 is 0 Å². The highest BCUT2D eigenvalue weighted by Gasteiger charge is 2.08. The second-order valence-corrected chi connectivity index (χ2v) is 6.83. The Hall–Kier alpha value is -3.87. The number of hydrogen-bond donors (Lipinski definition) is 1. The van der Waals surface area contributed by atoms with Crippen molar-refractivity contribution in [2.75, 3.05) is 13.2 Å². The van der Waals surface area contributed by atoms with Crippen LogP contribution in [0, 0.1) is 13.8 Å². The van der Waals surface area contributed by atoms with Gasteiger partial charge in [0.2, 0.25) is 0 Å². The standard InChI is InChI=1S/C24H24N2O5/c1-4-29-24(28)19-8-6-18(7-9-19)22-12-11-21(31-22)14-25-26-23(27)15-30-20-10-5-16(2)17(3)13-20/h5-14H,4,15H2,1-3H3,(H,26,27)/b25-14+. The summed E-state index contributed by atoms with van der Waals surface area (Å²) in [6, 6.07) is 16.1. The number of carbonyl (C=O) groups is 2. The van der Waals surface area contributed by atoms with Crippen LogP contribution < -0.4 is 10.2 Å². The summed E-state index contributed by atoms with van der Waals surface area (Å²) in [5.41, 5.74) is 5.94. The van der Waals surface area contributed by atoms with Crippen LogP contribution in [-0.2, 0) is 9.53 Å². The Morgan fingerprint density at radius 2 is 1.81 bits per heavy atom. The quantitative estimate of drug-likeness (QED) is 0.334. The third-order valence-corrected chi connectivity index (χ3v) is 4.54. The van der Waals surface area contributed by atoms with Crippen LogP contribution >= 0.6 is 0 Å². The zero-order valence-electron chi connectivity index (χ0n) is 17.7. The highest BCUT2D eigenvalue weighted by molar-refractivity contribution is 5.90. The molecule has 0 fully saturated rings. The molecular formula is C24H24N2O5. The highest BCUT2D eigenvalue weighted by Crippen LogP contribution is 2.22. The molecule has 0 atom stereocenters. The smallest absolute Gasteiger partial charge is 0.338 e. The van der Waals surface area contributed by atoms with Gasteiger partial charge in [-0.2, -0.15) is 5.10 Å². The molecule has 0 unspecified atom stereocenters. The first-order valence-corrected chi connectivity index (χ1v) is 9.85. The Morgan fingerprint density at radius 3 is 2.52 bits per heavy atom. The normalized spacial score (nSPS) is 10.8. The van der Waals surface area contributed by atoms with Gasteiger partial charge in [0.05, 0.1) is 18.4 Å². The molecule has 3 aromatic rings. The second kappa shape index (κ2) is 10.2. The zero-order valence-corrected chi connectivity index (χ0v) is 17.7. The van der Waals surface area contributed by atoms with Gasteiger partial charge < -0.3 is 13.9 Å². The van der Waals surface area contributed by atoms with Crippen molar-refractivity contribution >= 4 is 18.1 Å². The Labute approximate surface area is 180 Å². The molecule has 1 heterocycles. The zero-order chi connectivity index (χ0) is 22.2. The molecule has 1 amide bonds. The van der Waals surface area contributed by atoms with Crippen LogP contribution in [0.1, 0.15) is 34.2 Å². The minimum atomic E-state index is -0.379. The monoisotopic (exact) mass is 420 g/mol. The van der Waals surface area contributed by atoms with E-state index >= 15 is 0 Å². The van der Waals surface area contributed by atoms with E-state index in [0.29, 0.717) is 29.4 Å². The Balaban J connectivity index is 1.51. The molecule has 31 heavy (non-hydrogen) atoms. The van der Waals surface area contributed by atoms with Crippen LogP contribution in [0.5, 0.6) is 5.75 Å². The summed E-state index contributed by atoms with van der Waals surface area (Å²) < 4.78 is 16.1. The van der Waals surface area contributed by atoms with Crippen molar-refractivity contribution in [2.24, 2.45) is 5.10 Å². The molecule has 0 spiro atoms. The van der Waals surface area contributed by atoms with Gasteiger partial charge in [-0.1, -0.05) is 18.2 Å². The number of benzene rings is 2. The summed E-state index contributed by atoms with van der Waals surface area (Å²) in [4.78, 5) is 23.6. The summed E-state index contributed by atoms with van der Waals surface area (Å²) in [6.07, 6.45) is 1.41. The molecule has 0 saturated carbocycles. The van der Waals surface area contributed by atoms with E-state index in [2.05, 4.69) is 10.5 Å². The van der Waals surface area contributed by atoms with Crippen LogP contribution in [0.3, 0.4) is 0 Å². The van der Waals surface area contributed by atoms with Gasteiger partial charge in [0.25, 0.3) is 5.91 Å². The molecule has 7 heteroatoms. The molecule has 0 saturated heterocycles. The van der Waals surface area contributed by atoms with Crippen molar-refractivity contribution in [2.45, 2.75) is 20.8 Å². The Kier molecular flexibility index (Phi) is 7.22. The third-order valence-electron chi connectivity index (χ3n) is 4.54. The highest BCUT2D eigenvalue weighted by atomic mass is 16.5. The maximum absolute atomic E-state index is 11.9. The lowest BCUT2D eigenvalue weighted by molar-refractivity contribution is -0.123. The van der Waals surface area contributed by atoms with Gasteiger partial charge in [-0.3, -0.25) is 4.79 Å². The summed E-state index contributed by atoms with van der Waals surface area (Å²) in [5.74, 6) is 0.974. The van der Waals surface area contributed by atoms with Crippen molar-refractivity contribution in [3.63, 3.8) is 0 Å². The molecule has 0 radical (unpaired) electrons. The maximum atomic E-state index is 11.9. The summed E-state index contributed by atoms with van der Waals surface area (Å²) >= 11 is 0. The van der Waals surface area contributed by atoms with Crippen LogP contribution in [0.15, 0.2) is 64.1 Å². The van der Waals surface area contributed by atoms with E-state index in [4.69, 9.17) is 13.9 Å². The van der Waals surface area contributed by atoms with Gasteiger partial charge in [-0.25, -0.2) is 10.2 Å². The fourth-order valence-corrected chi connectivity index (χ4v) is 2.72. The van der Waals surface area contributed by atoms with Gasteiger partial charge in [0.15, 0.2) is 6.61 Å². The molecule has 0 aliphatic heterocycles. The Bertz CT molecular complexity index is 1080. The minimum absolute atomic E-state index is 0.143. The van der Waals surface area contributed by atoms with E-state index in [9.17, 15) is 9.59 Å². The fraction of sp³-hybridized carbons (Fsp3) is 0.208. The average molecular weight is 420 g/mol. The number of amides is 1. The molecule has 0 aliphatic rings. The van der Waals surface area contributed by atoms with Gasteiger partial charge in [0.1, 0.15) is 17.3 Å². The maximum Gasteiger partial charge on any atom is 0.338 e. The number of furan rings is 1. The van der Waals surface area contributed by atoms with Crippen LogP contribution in [0.2, 0.25) is 0 Å². The molecule has 2 aromatic carbocycles. The van der Waals surface area contributed by atoms with Crippen molar-refractivity contribution < 1.29 is 23.5 Å². The van der Waals surface area contributed by atoms with Gasteiger partial charge in [0, 0.05) is 5.56 Å². The Morgan fingerprint density at radius 1 is 1.03 bits per heavy atom. The summed E-state index contributed by atoms with van der Waals surface area (Å²) in [7, 11) is 0. The molecule has 0 aliphatic carbocycles. The first-order chi connectivity index (χ1) is 15.0. The number of ether oxygens (including phenoxy) is 2. The second-order valence-electron chi connectivity index (χ2n) is 6.83. The van der Waals surface area contributed by atoms with E-state index in [1.165, 1.54) is 6.21 Å². The minimum Gasteiger partial charge on any atom is -0.484 e. The van der Waals surface area contributed by atoms with E-state index in [-0.39, 0.29) is 18.5 Å². The first kappa shape index (κ1) is 21.8. The predicted molar refractivity (Wildman–Crippen MR) is 117 cm³/mol. The molecular weight excluding hydrogens is 396 g/mol. The lowest BCUT2D eigenvalue weighted by atomic mass is 10.1. The van der Waals surface area contributed by atoms with E-state index in [1.807, 2.05) is 32.0 Å². The van der Waals surface area contributed by atoms with Crippen molar-refractivity contribution in [3.05, 3.63) is 77.0 Å². The molecule has 0 bridgehead atoms. The average Bonchev–Trinajstić information content (AvgIpc) is 3.24. The van der Waals surface area contributed by atoms with Gasteiger partial charge in [-0.05, 0) is 68.3 Å². The van der Waals surface area contributed by atoms with Gasteiger partial charge in [-0.15, -0.1) is 0 Å². The molecule has 160 valence electrons. The molecule has 1 N–H and O–H groups in total. The number of hydrazone groups is 1. The number of esters is 1. The fourth-order valence-electron chi connectivity index (χ4n) is 2.72. The third kappa shape index (κ3) is 6.05. The lowest BCUT2D eigenvalue weighted by Gasteiger charge is -2.07. The van der Waals surface area contributed by atoms with Crippen molar-refractivity contribution in [1.29, 1.82) is 0 Å². The summed E-state index contributed by atoms with van der Waals surface area (Å²) in [5, 5.41) is 3.89.